The van der Waals surface area contributed by atoms with Crippen molar-refractivity contribution in [2.24, 2.45) is 0 Å². The van der Waals surface area contributed by atoms with Crippen LogP contribution in [0.1, 0.15) is 16.9 Å². The molecule has 0 unspecified atom stereocenters. The van der Waals surface area contributed by atoms with Crippen LogP contribution in [-0.2, 0) is 9.47 Å². The molecular weight excluding hydrogens is 234 g/mol. The molecule has 0 saturated heterocycles. The molecule has 1 rings (SSSR count). The van der Waals surface area contributed by atoms with Gasteiger partial charge in [0.25, 0.3) is 0 Å². The number of aromatic nitrogens is 2. The average Bonchev–Trinajstić information content (AvgIpc) is 2.42. The number of carbonyl (C=O) groups is 1. The Kier molecular flexibility index (Phi) is 6.42. The Bertz CT molecular complexity index is 396. The van der Waals surface area contributed by atoms with E-state index in [0.29, 0.717) is 25.6 Å². The van der Waals surface area contributed by atoms with Crippen LogP contribution in [0.5, 0.6) is 0 Å². The summed E-state index contributed by atoms with van der Waals surface area (Å²) >= 11 is 0. The molecule has 0 aromatic carbocycles. The highest BCUT2D eigenvalue weighted by Crippen LogP contribution is 2.02. The van der Waals surface area contributed by atoms with E-state index in [4.69, 9.17) is 4.74 Å². The number of hydrogen-bond acceptors (Lipinski definition) is 6. The standard InChI is InChI=1S/C12H17N3O3/c1-3-4-6-18-7-5-14-11-9-13-8-10(15-11)12(16)17-2/h3,8-9H,1,4-7H2,2H3,(H,14,15). The minimum atomic E-state index is -0.506. The Balaban J connectivity index is 2.33. The van der Waals surface area contributed by atoms with Crippen LogP contribution in [0.25, 0.3) is 0 Å². The summed E-state index contributed by atoms with van der Waals surface area (Å²) in [5.74, 6) is 0.0126. The lowest BCUT2D eigenvalue weighted by Gasteiger charge is -2.06. The van der Waals surface area contributed by atoms with Crippen LogP contribution in [0.4, 0.5) is 5.82 Å². The second-order valence-corrected chi connectivity index (χ2v) is 3.40. The second kappa shape index (κ2) is 8.19. The molecule has 0 spiro atoms. The van der Waals surface area contributed by atoms with E-state index >= 15 is 0 Å². The topological polar surface area (TPSA) is 73.3 Å². The predicted octanol–water partition coefficient (Wildman–Crippen LogP) is 1.27. The van der Waals surface area contributed by atoms with Crippen LogP contribution >= 0.6 is 0 Å². The first kappa shape index (κ1) is 14.1. The van der Waals surface area contributed by atoms with Gasteiger partial charge in [-0.2, -0.15) is 0 Å². The molecule has 0 aliphatic carbocycles. The molecule has 1 N–H and O–H groups in total. The molecule has 0 aliphatic rings. The van der Waals surface area contributed by atoms with Crippen LogP contribution in [0.3, 0.4) is 0 Å². The van der Waals surface area contributed by atoms with Crippen LogP contribution < -0.4 is 5.32 Å². The average molecular weight is 251 g/mol. The van der Waals surface area contributed by atoms with Gasteiger partial charge >= 0.3 is 5.97 Å². The number of nitrogens with zero attached hydrogens (tertiary/aromatic N) is 2. The third-order valence-corrected chi connectivity index (χ3v) is 2.05. The van der Waals surface area contributed by atoms with Crippen LogP contribution in [0.15, 0.2) is 25.0 Å². The van der Waals surface area contributed by atoms with Gasteiger partial charge in [-0.1, -0.05) is 6.08 Å². The normalized spacial score (nSPS) is 9.83. The van der Waals surface area contributed by atoms with Gasteiger partial charge in [0.15, 0.2) is 5.69 Å². The highest BCUT2D eigenvalue weighted by molar-refractivity contribution is 5.87. The maximum absolute atomic E-state index is 11.2. The van der Waals surface area contributed by atoms with Gasteiger partial charge in [0.2, 0.25) is 0 Å². The van der Waals surface area contributed by atoms with E-state index in [2.05, 4.69) is 26.6 Å². The lowest BCUT2D eigenvalue weighted by molar-refractivity contribution is 0.0593. The zero-order valence-electron chi connectivity index (χ0n) is 10.4. The fraction of sp³-hybridized carbons (Fsp3) is 0.417. The molecule has 1 aromatic rings. The van der Waals surface area contributed by atoms with Crippen LogP contribution in [0.2, 0.25) is 0 Å². The van der Waals surface area contributed by atoms with E-state index in [1.165, 1.54) is 19.5 Å². The smallest absolute Gasteiger partial charge is 0.358 e. The molecule has 1 heterocycles. The minimum absolute atomic E-state index is 0.176. The minimum Gasteiger partial charge on any atom is -0.464 e. The highest BCUT2D eigenvalue weighted by Gasteiger charge is 2.07. The maximum atomic E-state index is 11.2. The third kappa shape index (κ3) is 4.92. The molecule has 0 aliphatic heterocycles. The molecule has 0 atom stereocenters. The quantitative estimate of drug-likeness (QED) is 0.426. The van der Waals surface area contributed by atoms with Crippen molar-refractivity contribution < 1.29 is 14.3 Å². The van der Waals surface area contributed by atoms with Gasteiger partial charge in [-0.15, -0.1) is 6.58 Å². The number of esters is 1. The van der Waals surface area contributed by atoms with Gasteiger partial charge in [0.1, 0.15) is 5.82 Å². The van der Waals surface area contributed by atoms with Gasteiger partial charge in [0.05, 0.1) is 32.7 Å². The molecule has 0 saturated carbocycles. The van der Waals surface area contributed by atoms with Crippen LogP contribution in [0, 0.1) is 0 Å². The molecule has 18 heavy (non-hydrogen) atoms. The molecule has 98 valence electrons. The number of ether oxygens (including phenoxy) is 2. The molecule has 0 radical (unpaired) electrons. The van der Waals surface area contributed by atoms with E-state index in [1.54, 1.807) is 6.08 Å². The first-order chi connectivity index (χ1) is 8.77. The summed E-state index contributed by atoms with van der Waals surface area (Å²) < 4.78 is 9.88. The van der Waals surface area contributed by atoms with E-state index in [9.17, 15) is 4.79 Å². The molecule has 0 fully saturated rings. The summed E-state index contributed by atoms with van der Waals surface area (Å²) in [6, 6.07) is 0. The van der Waals surface area contributed by atoms with Crippen molar-refractivity contribution in [2.45, 2.75) is 6.42 Å². The summed E-state index contributed by atoms with van der Waals surface area (Å²) in [4.78, 5) is 19.2. The third-order valence-electron chi connectivity index (χ3n) is 2.05. The van der Waals surface area contributed by atoms with Crippen molar-refractivity contribution in [3.63, 3.8) is 0 Å². The monoisotopic (exact) mass is 251 g/mol. The largest absolute Gasteiger partial charge is 0.464 e. The number of anilines is 1. The van der Waals surface area contributed by atoms with Crippen molar-refractivity contribution in [1.29, 1.82) is 0 Å². The van der Waals surface area contributed by atoms with Gasteiger partial charge in [0, 0.05) is 6.54 Å². The molecule has 0 bridgehead atoms. The summed E-state index contributed by atoms with van der Waals surface area (Å²) in [7, 11) is 1.30. The molecule has 0 amide bonds. The van der Waals surface area contributed by atoms with Gasteiger partial charge < -0.3 is 14.8 Å². The number of hydrogen-bond donors (Lipinski definition) is 1. The Morgan fingerprint density at radius 3 is 3.06 bits per heavy atom. The summed E-state index contributed by atoms with van der Waals surface area (Å²) in [6.45, 7) is 5.40. The van der Waals surface area contributed by atoms with Crippen molar-refractivity contribution in [1.82, 2.24) is 9.97 Å². The molecular formula is C12H17N3O3. The van der Waals surface area contributed by atoms with Crippen LogP contribution in [-0.4, -0.2) is 42.8 Å². The predicted molar refractivity (Wildman–Crippen MR) is 67.5 cm³/mol. The van der Waals surface area contributed by atoms with Gasteiger partial charge in [-0.05, 0) is 6.42 Å². The Morgan fingerprint density at radius 2 is 2.33 bits per heavy atom. The fourth-order valence-corrected chi connectivity index (χ4v) is 1.17. The molecule has 6 nitrogen and oxygen atoms in total. The number of methoxy groups -OCH3 is 1. The number of nitrogens with one attached hydrogen (secondary N) is 1. The first-order valence-corrected chi connectivity index (χ1v) is 5.60. The Morgan fingerprint density at radius 1 is 1.50 bits per heavy atom. The van der Waals surface area contributed by atoms with Crippen molar-refractivity contribution in [2.75, 3.05) is 32.2 Å². The Hall–Kier alpha value is -1.95. The first-order valence-electron chi connectivity index (χ1n) is 5.60. The maximum Gasteiger partial charge on any atom is 0.358 e. The van der Waals surface area contributed by atoms with Gasteiger partial charge in [-0.25, -0.2) is 9.78 Å². The summed E-state index contributed by atoms with van der Waals surface area (Å²) in [5.41, 5.74) is 0.176. The van der Waals surface area contributed by atoms with Crippen molar-refractivity contribution in [3.05, 3.63) is 30.7 Å². The summed E-state index contributed by atoms with van der Waals surface area (Å²) in [6.07, 6.45) is 5.53. The van der Waals surface area contributed by atoms with Crippen molar-refractivity contribution in [3.8, 4) is 0 Å². The molecule has 1 aromatic heterocycles. The van der Waals surface area contributed by atoms with E-state index in [-0.39, 0.29) is 5.69 Å². The second-order valence-electron chi connectivity index (χ2n) is 3.40. The van der Waals surface area contributed by atoms with Crippen molar-refractivity contribution >= 4 is 11.8 Å². The zero-order chi connectivity index (χ0) is 13.2. The number of carbonyl (C=O) groups excluding carboxylic acids is 1. The highest BCUT2D eigenvalue weighted by atomic mass is 16.5. The fourth-order valence-electron chi connectivity index (χ4n) is 1.17. The molecule has 6 heteroatoms. The van der Waals surface area contributed by atoms with Gasteiger partial charge in [-0.3, -0.25) is 4.98 Å². The van der Waals surface area contributed by atoms with E-state index in [1.807, 2.05) is 0 Å². The van der Waals surface area contributed by atoms with E-state index in [0.717, 1.165) is 6.42 Å². The lowest BCUT2D eigenvalue weighted by Crippen LogP contribution is -2.13. The summed E-state index contributed by atoms with van der Waals surface area (Å²) in [5, 5.41) is 3.01. The Labute approximate surface area is 106 Å². The SMILES string of the molecule is C=CCCOCCNc1cncc(C(=O)OC)n1. The van der Waals surface area contributed by atoms with E-state index < -0.39 is 5.97 Å². The number of rotatable bonds is 8. The zero-order valence-corrected chi connectivity index (χ0v) is 10.4. The lowest BCUT2D eigenvalue weighted by atomic mass is 10.4.